The van der Waals surface area contributed by atoms with E-state index in [1.165, 1.54) is 19.3 Å². The Kier molecular flexibility index (Phi) is 5.75. The first kappa shape index (κ1) is 14.1. The van der Waals surface area contributed by atoms with Gasteiger partial charge in [-0.15, -0.1) is 0 Å². The molecule has 0 saturated heterocycles. The Labute approximate surface area is 111 Å². The van der Waals surface area contributed by atoms with Crippen LogP contribution in [0.2, 0.25) is 0 Å². The summed E-state index contributed by atoms with van der Waals surface area (Å²) < 4.78 is 0. The van der Waals surface area contributed by atoms with Crippen molar-refractivity contribution in [3.8, 4) is 0 Å². The summed E-state index contributed by atoms with van der Waals surface area (Å²) in [5.41, 5.74) is 0. The maximum absolute atomic E-state index is 4.81. The van der Waals surface area contributed by atoms with Gasteiger partial charge in [0, 0.05) is 15.7 Å². The summed E-state index contributed by atoms with van der Waals surface area (Å²) in [6.45, 7) is 6.78. The third-order valence-electron chi connectivity index (χ3n) is 4.05. The summed E-state index contributed by atoms with van der Waals surface area (Å²) in [7, 11) is 0. The van der Waals surface area contributed by atoms with Gasteiger partial charge in [-0.05, 0) is 17.8 Å². The van der Waals surface area contributed by atoms with Crippen LogP contribution < -0.4 is 0 Å². The van der Waals surface area contributed by atoms with Gasteiger partial charge in [0.15, 0.2) is 0 Å². The highest BCUT2D eigenvalue weighted by Crippen LogP contribution is 2.45. The van der Waals surface area contributed by atoms with Gasteiger partial charge in [-0.3, -0.25) is 0 Å². The molecule has 0 heterocycles. The highest BCUT2D eigenvalue weighted by molar-refractivity contribution is 7.83. The van der Waals surface area contributed by atoms with E-state index in [9.17, 15) is 0 Å². The molecule has 0 aromatic carbocycles. The minimum atomic E-state index is 0.479. The highest BCUT2D eigenvalue weighted by Gasteiger charge is 2.44. The summed E-state index contributed by atoms with van der Waals surface area (Å²) in [4.78, 5) is 0. The largest absolute Gasteiger partial charge is 0.175 e. The monoisotopic (exact) mass is 264 g/mol. The Bertz CT molecular complexity index is 150. The summed E-state index contributed by atoms with van der Waals surface area (Å²) in [5.74, 6) is 1.94. The summed E-state index contributed by atoms with van der Waals surface area (Å²) in [5, 5.41) is 1.44. The van der Waals surface area contributed by atoms with Gasteiger partial charge in [-0.1, -0.05) is 40.0 Å². The lowest BCUT2D eigenvalue weighted by Crippen LogP contribution is -2.48. The van der Waals surface area contributed by atoms with Crippen LogP contribution in [0, 0.1) is 17.8 Å². The molecule has 0 aliphatic heterocycles. The van der Waals surface area contributed by atoms with E-state index in [0.29, 0.717) is 33.5 Å². The summed E-state index contributed by atoms with van der Waals surface area (Å²) in [6, 6.07) is 0. The number of thiol groups is 3. The van der Waals surface area contributed by atoms with E-state index in [-0.39, 0.29) is 0 Å². The van der Waals surface area contributed by atoms with Gasteiger partial charge < -0.3 is 0 Å². The smallest absolute Gasteiger partial charge is 0.00942 e. The van der Waals surface area contributed by atoms with Crippen molar-refractivity contribution >= 4 is 37.9 Å². The Hall–Kier alpha value is 1.05. The SMILES string of the molecule is CCC1C(S)C(CC)C(S)C(CC)C1S. The van der Waals surface area contributed by atoms with Crippen LogP contribution in [-0.2, 0) is 0 Å². The highest BCUT2D eigenvalue weighted by atomic mass is 32.1. The van der Waals surface area contributed by atoms with E-state index in [0.717, 1.165) is 0 Å². The van der Waals surface area contributed by atoms with Gasteiger partial charge in [-0.25, -0.2) is 0 Å². The average Bonchev–Trinajstić information content (AvgIpc) is 2.19. The minimum Gasteiger partial charge on any atom is -0.175 e. The molecule has 1 fully saturated rings. The Morgan fingerprint density at radius 1 is 0.600 bits per heavy atom. The molecule has 0 bridgehead atoms. The lowest BCUT2D eigenvalue weighted by molar-refractivity contribution is 0.215. The molecule has 0 amide bonds. The van der Waals surface area contributed by atoms with Crippen molar-refractivity contribution in [2.45, 2.75) is 55.8 Å². The third kappa shape index (κ3) is 2.66. The minimum absolute atomic E-state index is 0.479. The van der Waals surface area contributed by atoms with Crippen LogP contribution in [0.5, 0.6) is 0 Å². The topological polar surface area (TPSA) is 0 Å². The van der Waals surface area contributed by atoms with Crippen LogP contribution >= 0.6 is 37.9 Å². The zero-order valence-corrected chi connectivity index (χ0v) is 12.6. The van der Waals surface area contributed by atoms with E-state index in [1.54, 1.807) is 0 Å². The van der Waals surface area contributed by atoms with Gasteiger partial charge in [0.05, 0.1) is 0 Å². The predicted molar refractivity (Wildman–Crippen MR) is 79.7 cm³/mol. The van der Waals surface area contributed by atoms with Crippen molar-refractivity contribution in [2.24, 2.45) is 17.8 Å². The molecule has 0 aromatic rings. The molecule has 0 atom stereocenters. The zero-order chi connectivity index (χ0) is 11.6. The Morgan fingerprint density at radius 3 is 0.933 bits per heavy atom. The lowest BCUT2D eigenvalue weighted by atomic mass is 9.71. The van der Waals surface area contributed by atoms with Crippen molar-refractivity contribution in [1.82, 2.24) is 0 Å². The molecule has 0 radical (unpaired) electrons. The second kappa shape index (κ2) is 6.11. The average molecular weight is 265 g/mol. The van der Waals surface area contributed by atoms with Crippen LogP contribution in [0.15, 0.2) is 0 Å². The van der Waals surface area contributed by atoms with Crippen LogP contribution in [0.1, 0.15) is 40.0 Å². The summed E-state index contributed by atoms with van der Waals surface area (Å²) in [6.07, 6.45) is 3.57. The molecule has 0 nitrogen and oxygen atoms in total. The lowest BCUT2D eigenvalue weighted by Gasteiger charge is -2.47. The van der Waals surface area contributed by atoms with Crippen molar-refractivity contribution in [2.75, 3.05) is 0 Å². The predicted octanol–water partition coefficient (Wildman–Crippen LogP) is 3.97. The third-order valence-corrected chi connectivity index (χ3v) is 6.34. The molecule has 0 spiro atoms. The molecule has 1 rings (SSSR count). The quantitative estimate of drug-likeness (QED) is 0.631. The molecule has 0 aromatic heterocycles. The van der Waals surface area contributed by atoms with Crippen molar-refractivity contribution in [1.29, 1.82) is 0 Å². The van der Waals surface area contributed by atoms with Crippen LogP contribution in [0.3, 0.4) is 0 Å². The Balaban J connectivity index is 2.87. The normalized spacial score (nSPS) is 46.8. The standard InChI is InChI=1S/C12H24S3/c1-4-7-10(13)8(5-2)12(15)9(6-3)11(7)14/h7-15H,4-6H2,1-3H3. The second-order valence-corrected chi connectivity index (χ2v) is 6.48. The first-order chi connectivity index (χ1) is 7.08. The molecular weight excluding hydrogens is 240 g/mol. The number of hydrogen-bond donors (Lipinski definition) is 3. The summed E-state index contributed by atoms with van der Waals surface area (Å²) >= 11 is 14.4. The van der Waals surface area contributed by atoms with Crippen molar-refractivity contribution in [3.63, 3.8) is 0 Å². The molecule has 3 heteroatoms. The van der Waals surface area contributed by atoms with E-state index in [1.807, 2.05) is 0 Å². The fourth-order valence-electron chi connectivity index (χ4n) is 3.01. The maximum atomic E-state index is 4.81. The van der Waals surface area contributed by atoms with E-state index in [4.69, 9.17) is 37.9 Å². The van der Waals surface area contributed by atoms with E-state index in [2.05, 4.69) is 20.8 Å². The number of rotatable bonds is 3. The second-order valence-electron chi connectivity index (χ2n) is 4.69. The molecule has 0 unspecified atom stereocenters. The number of hydrogen-bond acceptors (Lipinski definition) is 3. The molecule has 0 N–H and O–H groups in total. The molecule has 1 saturated carbocycles. The van der Waals surface area contributed by atoms with E-state index >= 15 is 0 Å². The fourth-order valence-corrected chi connectivity index (χ4v) is 5.79. The van der Waals surface area contributed by atoms with Crippen LogP contribution in [0.25, 0.3) is 0 Å². The molecular formula is C12H24S3. The first-order valence-corrected chi connectivity index (χ1v) is 7.67. The van der Waals surface area contributed by atoms with Gasteiger partial charge >= 0.3 is 0 Å². The maximum Gasteiger partial charge on any atom is 0.00942 e. The van der Waals surface area contributed by atoms with Gasteiger partial charge in [0.2, 0.25) is 0 Å². The molecule has 1 aliphatic carbocycles. The van der Waals surface area contributed by atoms with Crippen LogP contribution in [0.4, 0.5) is 0 Å². The molecule has 90 valence electrons. The molecule has 1 aliphatic rings. The fraction of sp³-hybridized carbons (Fsp3) is 1.00. The zero-order valence-electron chi connectivity index (χ0n) is 9.93. The van der Waals surface area contributed by atoms with Gasteiger partial charge in [0.1, 0.15) is 0 Å². The van der Waals surface area contributed by atoms with Crippen molar-refractivity contribution in [3.05, 3.63) is 0 Å². The van der Waals surface area contributed by atoms with Gasteiger partial charge in [0.25, 0.3) is 0 Å². The van der Waals surface area contributed by atoms with Gasteiger partial charge in [-0.2, -0.15) is 37.9 Å². The molecule has 15 heavy (non-hydrogen) atoms. The first-order valence-electron chi connectivity index (χ1n) is 6.12. The van der Waals surface area contributed by atoms with Crippen molar-refractivity contribution < 1.29 is 0 Å². The van der Waals surface area contributed by atoms with E-state index < -0.39 is 0 Å². The Morgan fingerprint density at radius 2 is 0.800 bits per heavy atom. The van der Waals surface area contributed by atoms with Crippen LogP contribution in [-0.4, -0.2) is 15.7 Å².